The monoisotopic (exact) mass is 332 g/mol. The van der Waals surface area contributed by atoms with E-state index in [-0.39, 0.29) is 24.4 Å². The van der Waals surface area contributed by atoms with Crippen molar-refractivity contribution in [3.63, 3.8) is 0 Å². The topological polar surface area (TPSA) is 70.6 Å². The minimum atomic E-state index is -0.505. The minimum absolute atomic E-state index is 0. The largest absolute Gasteiger partial charge is 0.497 e. The van der Waals surface area contributed by atoms with Crippen molar-refractivity contribution in [2.45, 2.75) is 23.5 Å². The van der Waals surface area contributed by atoms with Gasteiger partial charge >= 0.3 is 0 Å². The first-order valence-corrected chi connectivity index (χ1v) is 7.62. The molecule has 1 aromatic rings. The van der Waals surface area contributed by atoms with Crippen molar-refractivity contribution >= 4 is 30.1 Å². The molecule has 0 saturated carbocycles. The second-order valence-electron chi connectivity index (χ2n) is 4.70. The summed E-state index contributed by atoms with van der Waals surface area (Å²) in [7, 11) is 1.62. The number of aliphatic hydroxyl groups is 1. The number of thioether (sulfide) groups is 1. The maximum Gasteiger partial charge on any atom is 0.230 e. The summed E-state index contributed by atoms with van der Waals surface area (Å²) in [4.78, 5) is 12.9. The molecule has 21 heavy (non-hydrogen) atoms. The fourth-order valence-corrected chi connectivity index (χ4v) is 2.85. The summed E-state index contributed by atoms with van der Waals surface area (Å²) in [6, 6.07) is 7.47. The first kappa shape index (κ1) is 18.1. The van der Waals surface area contributed by atoms with Crippen LogP contribution in [0.2, 0.25) is 0 Å². The third-order valence-corrected chi connectivity index (χ3v) is 4.20. The van der Waals surface area contributed by atoms with Crippen LogP contribution in [-0.4, -0.2) is 49.1 Å². The molecule has 2 atom stereocenters. The third-order valence-electron chi connectivity index (χ3n) is 3.21. The van der Waals surface area contributed by atoms with Gasteiger partial charge < -0.3 is 20.5 Å². The van der Waals surface area contributed by atoms with Gasteiger partial charge in [-0.25, -0.2) is 0 Å². The van der Waals surface area contributed by atoms with E-state index < -0.39 is 6.10 Å². The summed E-state index contributed by atoms with van der Waals surface area (Å²) in [5, 5.41) is 15.7. The number of amides is 1. The van der Waals surface area contributed by atoms with Gasteiger partial charge in [0.05, 0.1) is 25.0 Å². The Kier molecular flexibility index (Phi) is 7.88. The molecule has 0 bridgehead atoms. The van der Waals surface area contributed by atoms with Crippen molar-refractivity contribution < 1.29 is 14.6 Å². The van der Waals surface area contributed by atoms with Crippen LogP contribution < -0.4 is 15.4 Å². The fourth-order valence-electron chi connectivity index (χ4n) is 2.10. The molecule has 0 spiro atoms. The van der Waals surface area contributed by atoms with E-state index in [1.807, 2.05) is 24.3 Å². The van der Waals surface area contributed by atoms with Crippen molar-refractivity contribution in [2.24, 2.45) is 0 Å². The Morgan fingerprint density at radius 2 is 2.38 bits per heavy atom. The quantitative estimate of drug-likeness (QED) is 0.703. The molecule has 1 amide bonds. The van der Waals surface area contributed by atoms with Gasteiger partial charge in [0.25, 0.3) is 0 Å². The molecule has 3 N–H and O–H groups in total. The first-order valence-electron chi connectivity index (χ1n) is 6.64. The smallest absolute Gasteiger partial charge is 0.230 e. The fraction of sp³-hybridized carbons (Fsp3) is 0.500. The second kappa shape index (κ2) is 9.15. The van der Waals surface area contributed by atoms with Crippen LogP contribution in [-0.2, 0) is 4.79 Å². The van der Waals surface area contributed by atoms with Crippen LogP contribution in [0.25, 0.3) is 0 Å². The van der Waals surface area contributed by atoms with Crippen LogP contribution in [0.3, 0.4) is 0 Å². The van der Waals surface area contributed by atoms with Gasteiger partial charge in [0, 0.05) is 11.4 Å². The van der Waals surface area contributed by atoms with E-state index in [2.05, 4.69) is 10.6 Å². The zero-order valence-electron chi connectivity index (χ0n) is 11.9. The molecule has 0 unspecified atom stereocenters. The number of benzene rings is 1. The number of methoxy groups -OCH3 is 1. The Morgan fingerprint density at radius 1 is 1.57 bits per heavy atom. The Morgan fingerprint density at radius 3 is 3.10 bits per heavy atom. The molecule has 1 fully saturated rings. The predicted molar refractivity (Wildman–Crippen MR) is 86.4 cm³/mol. The molecule has 0 radical (unpaired) electrons. The second-order valence-corrected chi connectivity index (χ2v) is 5.75. The number of hydrogen-bond donors (Lipinski definition) is 3. The lowest BCUT2D eigenvalue weighted by Crippen LogP contribution is -2.53. The van der Waals surface area contributed by atoms with E-state index in [1.54, 1.807) is 7.11 Å². The molecule has 0 aromatic heterocycles. The number of aliphatic hydroxyl groups excluding tert-OH is 1. The molecule has 1 aliphatic heterocycles. The van der Waals surface area contributed by atoms with Crippen LogP contribution in [0.1, 0.15) is 6.42 Å². The molecule has 2 rings (SSSR count). The van der Waals surface area contributed by atoms with Gasteiger partial charge in [-0.2, -0.15) is 0 Å². The highest BCUT2D eigenvalue weighted by Crippen LogP contribution is 2.22. The zero-order valence-corrected chi connectivity index (χ0v) is 13.5. The highest BCUT2D eigenvalue weighted by atomic mass is 35.5. The van der Waals surface area contributed by atoms with Crippen molar-refractivity contribution in [3.8, 4) is 5.75 Å². The number of nitrogens with one attached hydrogen (secondary N) is 2. The molecular weight excluding hydrogens is 312 g/mol. The van der Waals surface area contributed by atoms with Gasteiger partial charge in [-0.3, -0.25) is 4.79 Å². The number of β-amino-alcohol motifs (C(OH)–C–C–N with tert-alkyl or cyclic N) is 1. The summed E-state index contributed by atoms with van der Waals surface area (Å²) < 4.78 is 5.14. The summed E-state index contributed by atoms with van der Waals surface area (Å²) in [5.74, 6) is 1.07. The number of rotatable bonds is 5. The number of halogens is 1. The van der Waals surface area contributed by atoms with Gasteiger partial charge in [0.15, 0.2) is 0 Å². The van der Waals surface area contributed by atoms with Crippen LogP contribution in [0.4, 0.5) is 0 Å². The molecule has 1 heterocycles. The lowest BCUT2D eigenvalue weighted by molar-refractivity contribution is -0.120. The van der Waals surface area contributed by atoms with E-state index in [1.165, 1.54) is 11.8 Å². The van der Waals surface area contributed by atoms with E-state index in [0.717, 1.165) is 23.6 Å². The number of hydrogen-bond acceptors (Lipinski definition) is 5. The molecule has 0 aliphatic carbocycles. The normalized spacial score (nSPS) is 21.2. The highest BCUT2D eigenvalue weighted by molar-refractivity contribution is 8.00. The third kappa shape index (κ3) is 5.74. The summed E-state index contributed by atoms with van der Waals surface area (Å²) in [6.07, 6.45) is 0.256. The van der Waals surface area contributed by atoms with Gasteiger partial charge in [-0.05, 0) is 31.2 Å². The van der Waals surface area contributed by atoms with E-state index in [4.69, 9.17) is 4.74 Å². The van der Waals surface area contributed by atoms with Gasteiger partial charge in [-0.1, -0.05) is 6.07 Å². The molecule has 1 saturated heterocycles. The lowest BCUT2D eigenvalue weighted by Gasteiger charge is -2.29. The average Bonchev–Trinajstić information content (AvgIpc) is 2.48. The predicted octanol–water partition coefficient (Wildman–Crippen LogP) is 1.05. The molecule has 5 nitrogen and oxygen atoms in total. The summed E-state index contributed by atoms with van der Waals surface area (Å²) in [5.41, 5.74) is 0. The lowest BCUT2D eigenvalue weighted by atomic mass is 10.0. The number of ether oxygens (including phenoxy) is 1. The number of piperidine rings is 1. The van der Waals surface area contributed by atoms with Gasteiger partial charge in [0.1, 0.15) is 5.75 Å². The average molecular weight is 333 g/mol. The Bertz CT molecular complexity index is 462. The highest BCUT2D eigenvalue weighted by Gasteiger charge is 2.24. The number of carbonyl (C=O) groups excluding carboxylic acids is 1. The standard InChI is InChI=1S/C14H20N2O3S.ClH/c1-19-10-3-2-4-11(7-10)20-9-14(18)16-12-5-6-15-8-13(12)17;/h2-4,7,12-13,15,17H,5-6,8-9H2,1H3,(H,16,18);1H/t12-,13-;/m1./s1. The maximum absolute atomic E-state index is 11.9. The van der Waals surface area contributed by atoms with Crippen molar-refractivity contribution in [2.75, 3.05) is 26.0 Å². The van der Waals surface area contributed by atoms with Crippen molar-refractivity contribution in [1.29, 1.82) is 0 Å². The number of carbonyl (C=O) groups is 1. The van der Waals surface area contributed by atoms with Crippen LogP contribution in [0, 0.1) is 0 Å². The van der Waals surface area contributed by atoms with Gasteiger partial charge in [0.2, 0.25) is 5.91 Å². The zero-order chi connectivity index (χ0) is 14.4. The summed E-state index contributed by atoms with van der Waals surface area (Å²) in [6.45, 7) is 1.36. The van der Waals surface area contributed by atoms with E-state index in [9.17, 15) is 9.90 Å². The van der Waals surface area contributed by atoms with E-state index >= 15 is 0 Å². The van der Waals surface area contributed by atoms with Crippen LogP contribution in [0.15, 0.2) is 29.2 Å². The maximum atomic E-state index is 11.9. The van der Waals surface area contributed by atoms with E-state index in [0.29, 0.717) is 12.3 Å². The van der Waals surface area contributed by atoms with Crippen LogP contribution >= 0.6 is 24.2 Å². The first-order chi connectivity index (χ1) is 9.69. The molecule has 1 aliphatic rings. The SMILES string of the molecule is COc1cccc(SCC(=O)N[C@@H]2CCNC[C@H]2O)c1.Cl. The van der Waals surface area contributed by atoms with Gasteiger partial charge in [-0.15, -0.1) is 24.2 Å². The molecule has 118 valence electrons. The molecule has 1 aromatic carbocycles. The molecule has 7 heteroatoms. The van der Waals surface area contributed by atoms with Crippen molar-refractivity contribution in [1.82, 2.24) is 10.6 Å². The Balaban J connectivity index is 0.00000220. The Hall–Kier alpha value is -0.950. The van der Waals surface area contributed by atoms with Crippen LogP contribution in [0.5, 0.6) is 5.75 Å². The van der Waals surface area contributed by atoms with Crippen molar-refractivity contribution in [3.05, 3.63) is 24.3 Å². The summed E-state index contributed by atoms with van der Waals surface area (Å²) >= 11 is 1.46. The molecular formula is C14H21ClN2O3S. The Labute approximate surface area is 135 Å². The minimum Gasteiger partial charge on any atom is -0.497 e.